The van der Waals surface area contributed by atoms with Crippen molar-refractivity contribution in [1.82, 2.24) is 4.90 Å². The van der Waals surface area contributed by atoms with E-state index in [4.69, 9.17) is 0 Å². The van der Waals surface area contributed by atoms with Crippen LogP contribution in [0.3, 0.4) is 0 Å². The number of nitrogens with zero attached hydrogens (tertiary/aromatic N) is 4. The van der Waals surface area contributed by atoms with Crippen LogP contribution in [0, 0.1) is 10.1 Å². The van der Waals surface area contributed by atoms with Crippen LogP contribution in [0.25, 0.3) is 10.8 Å². The third-order valence-corrected chi connectivity index (χ3v) is 7.00. The van der Waals surface area contributed by atoms with E-state index in [-0.39, 0.29) is 33.8 Å². The van der Waals surface area contributed by atoms with Crippen molar-refractivity contribution in [1.29, 1.82) is 0 Å². The van der Waals surface area contributed by atoms with Crippen molar-refractivity contribution in [2.24, 2.45) is 0 Å². The minimum atomic E-state index is -4.21. The molecule has 37 heavy (non-hydrogen) atoms. The van der Waals surface area contributed by atoms with E-state index in [0.717, 1.165) is 12.3 Å². The van der Waals surface area contributed by atoms with Crippen LogP contribution >= 0.6 is 0 Å². The molecule has 1 heterocycles. The van der Waals surface area contributed by atoms with E-state index in [2.05, 4.69) is 0 Å². The molecule has 4 rings (SSSR count). The van der Waals surface area contributed by atoms with Gasteiger partial charge in [-0.3, -0.25) is 34.2 Å². The predicted molar refractivity (Wildman–Crippen MR) is 134 cm³/mol. The molecule has 0 fully saturated rings. The van der Waals surface area contributed by atoms with Gasteiger partial charge in [-0.25, -0.2) is 12.7 Å². The lowest BCUT2D eigenvalue weighted by atomic mass is 9.93. The van der Waals surface area contributed by atoms with Crippen LogP contribution in [-0.2, 0) is 19.6 Å². The van der Waals surface area contributed by atoms with Crippen LogP contribution in [0.1, 0.15) is 27.6 Å². The third-order valence-electron chi connectivity index (χ3n) is 5.92. The minimum absolute atomic E-state index is 0.0531. The van der Waals surface area contributed by atoms with E-state index in [1.807, 2.05) is 0 Å². The maximum atomic E-state index is 13.2. The fraction of sp³-hybridized carbons (Fsp3) is 0.167. The number of benzene rings is 3. The highest BCUT2D eigenvalue weighted by molar-refractivity contribution is 7.92. The summed E-state index contributed by atoms with van der Waals surface area (Å²) in [5.41, 5.74) is -0.0813. The largest absolute Gasteiger partial charge is 0.316 e. The third kappa shape index (κ3) is 4.51. The number of carbonyl (C=O) groups is 4. The van der Waals surface area contributed by atoms with Gasteiger partial charge in [0.25, 0.3) is 23.4 Å². The quantitative estimate of drug-likeness (QED) is 0.270. The van der Waals surface area contributed by atoms with Crippen molar-refractivity contribution in [3.05, 3.63) is 75.8 Å². The molecule has 13 heteroatoms. The number of hydrogen-bond acceptors (Lipinski definition) is 8. The molecular weight excluding hydrogens is 504 g/mol. The van der Waals surface area contributed by atoms with Gasteiger partial charge in [0.2, 0.25) is 15.9 Å². The van der Waals surface area contributed by atoms with Gasteiger partial charge in [-0.1, -0.05) is 12.1 Å². The maximum Gasteiger partial charge on any atom is 0.270 e. The molecule has 0 bridgehead atoms. The zero-order valence-corrected chi connectivity index (χ0v) is 20.7. The van der Waals surface area contributed by atoms with E-state index in [9.17, 15) is 37.7 Å². The zero-order valence-electron chi connectivity index (χ0n) is 19.9. The standard InChI is InChI=1S/C24H20N4O8S/c1-14(29)25(2)16-7-9-17(10-8-16)27(37(3,35)36)21(30)13-26-23(31)19-6-4-5-15-11-18(28(33)34)12-20(22(15)19)24(26)32/h4-12H,13H2,1-3H3. The molecule has 1 aliphatic rings. The van der Waals surface area contributed by atoms with Gasteiger partial charge in [0, 0.05) is 42.7 Å². The first-order valence-corrected chi connectivity index (χ1v) is 12.6. The normalized spacial score (nSPS) is 13.0. The molecule has 0 N–H and O–H groups in total. The van der Waals surface area contributed by atoms with E-state index in [1.54, 1.807) is 0 Å². The van der Waals surface area contributed by atoms with Crippen molar-refractivity contribution in [2.75, 3.05) is 29.1 Å². The Kier molecular flexibility index (Phi) is 6.25. The van der Waals surface area contributed by atoms with Crippen molar-refractivity contribution < 1.29 is 32.5 Å². The summed E-state index contributed by atoms with van der Waals surface area (Å²) in [6.45, 7) is 0.415. The zero-order chi connectivity index (χ0) is 27.2. The Morgan fingerprint density at radius 2 is 1.57 bits per heavy atom. The van der Waals surface area contributed by atoms with E-state index in [0.29, 0.717) is 20.3 Å². The molecule has 3 aromatic rings. The van der Waals surface area contributed by atoms with E-state index in [1.165, 1.54) is 67.4 Å². The Bertz CT molecular complexity index is 1620. The number of amides is 4. The summed E-state index contributed by atoms with van der Waals surface area (Å²) < 4.78 is 25.6. The van der Waals surface area contributed by atoms with Crippen LogP contribution in [0.2, 0.25) is 0 Å². The first kappa shape index (κ1) is 25.4. The molecule has 0 spiro atoms. The number of nitro groups is 1. The molecule has 0 aliphatic carbocycles. The topological polar surface area (TPSA) is 155 Å². The number of anilines is 2. The van der Waals surface area contributed by atoms with Crippen LogP contribution in [-0.4, -0.2) is 61.7 Å². The molecule has 1 aliphatic heterocycles. The molecule has 190 valence electrons. The second-order valence-electron chi connectivity index (χ2n) is 8.37. The molecule has 0 unspecified atom stereocenters. The van der Waals surface area contributed by atoms with Gasteiger partial charge >= 0.3 is 0 Å². The monoisotopic (exact) mass is 524 g/mol. The lowest BCUT2D eigenvalue weighted by molar-refractivity contribution is -0.384. The maximum absolute atomic E-state index is 13.2. The highest BCUT2D eigenvalue weighted by Gasteiger charge is 2.37. The average molecular weight is 525 g/mol. The molecule has 0 atom stereocenters. The number of rotatable bonds is 6. The molecule has 0 aromatic heterocycles. The van der Waals surface area contributed by atoms with Gasteiger partial charge in [0.15, 0.2) is 0 Å². The average Bonchev–Trinajstić information content (AvgIpc) is 2.83. The summed E-state index contributed by atoms with van der Waals surface area (Å²) >= 11 is 0. The van der Waals surface area contributed by atoms with Gasteiger partial charge in [-0.15, -0.1) is 0 Å². The van der Waals surface area contributed by atoms with Crippen LogP contribution < -0.4 is 9.21 Å². The van der Waals surface area contributed by atoms with Gasteiger partial charge in [0.1, 0.15) is 6.54 Å². The van der Waals surface area contributed by atoms with Gasteiger partial charge in [-0.05, 0) is 35.7 Å². The molecule has 12 nitrogen and oxygen atoms in total. The Morgan fingerprint density at radius 3 is 2.14 bits per heavy atom. The van der Waals surface area contributed by atoms with E-state index >= 15 is 0 Å². The molecular formula is C24H20N4O8S. The molecule has 0 saturated carbocycles. The lowest BCUT2D eigenvalue weighted by Gasteiger charge is -2.29. The van der Waals surface area contributed by atoms with Crippen LogP contribution in [0.5, 0.6) is 0 Å². The number of non-ortho nitro benzene ring substituents is 1. The van der Waals surface area contributed by atoms with Crippen molar-refractivity contribution >= 4 is 61.5 Å². The first-order chi connectivity index (χ1) is 17.3. The number of sulfonamides is 1. The predicted octanol–water partition coefficient (Wildman–Crippen LogP) is 2.32. The molecule has 3 aromatic carbocycles. The molecule has 4 amide bonds. The Balaban J connectivity index is 1.72. The second-order valence-corrected chi connectivity index (χ2v) is 10.2. The Labute approximate surface area is 210 Å². The van der Waals surface area contributed by atoms with Crippen molar-refractivity contribution in [3.63, 3.8) is 0 Å². The highest BCUT2D eigenvalue weighted by Crippen LogP contribution is 2.33. The molecule has 0 radical (unpaired) electrons. The number of hydrogen-bond donors (Lipinski definition) is 0. The smallest absolute Gasteiger partial charge is 0.270 e. The highest BCUT2D eigenvalue weighted by atomic mass is 32.2. The van der Waals surface area contributed by atoms with Crippen LogP contribution in [0.15, 0.2) is 54.6 Å². The van der Waals surface area contributed by atoms with Gasteiger partial charge in [0.05, 0.1) is 22.4 Å². The van der Waals surface area contributed by atoms with Crippen LogP contribution in [0.4, 0.5) is 17.1 Å². The number of nitro benzene ring substituents is 1. The van der Waals surface area contributed by atoms with Gasteiger partial charge in [-0.2, -0.15) is 0 Å². The summed E-state index contributed by atoms with van der Waals surface area (Å²) in [5.74, 6) is -3.16. The SMILES string of the molecule is CC(=O)N(C)c1ccc(N(C(=O)CN2C(=O)c3cccc4cc([N+](=O)[O-])cc(c34)C2=O)S(C)(=O)=O)cc1. The summed E-state index contributed by atoms with van der Waals surface area (Å²) in [4.78, 5) is 63.8. The second kappa shape index (κ2) is 9.09. The molecule has 0 saturated heterocycles. The summed E-state index contributed by atoms with van der Waals surface area (Å²) in [6, 6.07) is 12.2. The number of imide groups is 1. The van der Waals surface area contributed by atoms with Crippen molar-refractivity contribution in [3.8, 4) is 0 Å². The fourth-order valence-corrected chi connectivity index (χ4v) is 5.04. The lowest BCUT2D eigenvalue weighted by Crippen LogP contribution is -2.48. The van der Waals surface area contributed by atoms with Crippen molar-refractivity contribution in [2.45, 2.75) is 6.92 Å². The Morgan fingerprint density at radius 1 is 0.973 bits per heavy atom. The summed E-state index contributed by atoms with van der Waals surface area (Å²) in [7, 11) is -2.69. The number of carbonyl (C=O) groups excluding carboxylic acids is 4. The Hall–Kier alpha value is -4.65. The minimum Gasteiger partial charge on any atom is -0.316 e. The van der Waals surface area contributed by atoms with Gasteiger partial charge < -0.3 is 4.90 Å². The summed E-state index contributed by atoms with van der Waals surface area (Å²) in [6.07, 6.45) is 0.791. The summed E-state index contributed by atoms with van der Waals surface area (Å²) in [5, 5.41) is 11.9. The fourth-order valence-electron chi connectivity index (χ4n) is 4.10. The van der Waals surface area contributed by atoms with E-state index < -0.39 is 39.2 Å². The first-order valence-electron chi connectivity index (χ1n) is 10.8.